The van der Waals surface area contributed by atoms with Gasteiger partial charge >= 0.3 is 0 Å². The van der Waals surface area contributed by atoms with Crippen LogP contribution in [-0.2, 0) is 15.1 Å². The Kier molecular flexibility index (Phi) is 7.46. The van der Waals surface area contributed by atoms with Crippen LogP contribution in [0.15, 0.2) is 18.5 Å². The molecule has 26 heavy (non-hydrogen) atoms. The summed E-state index contributed by atoms with van der Waals surface area (Å²) in [6, 6.07) is 1.94. The number of halogens is 1. The number of piperidine rings is 2. The van der Waals surface area contributed by atoms with Crippen molar-refractivity contribution < 1.29 is 9.59 Å². The minimum Gasteiger partial charge on any atom is -0.352 e. The molecule has 2 aliphatic rings. The predicted octanol–water partition coefficient (Wildman–Crippen LogP) is 1.29. The Hall–Kier alpha value is -1.60. The number of aromatic nitrogens is 2. The lowest BCUT2D eigenvalue weighted by Gasteiger charge is -2.42. The van der Waals surface area contributed by atoms with Crippen LogP contribution in [0.5, 0.6) is 0 Å². The molecule has 7 nitrogen and oxygen atoms in total. The maximum atomic E-state index is 13.5. The molecule has 0 spiro atoms. The molecule has 2 fully saturated rings. The lowest BCUT2D eigenvalue weighted by Crippen LogP contribution is -2.59. The van der Waals surface area contributed by atoms with Crippen molar-refractivity contribution in [3.8, 4) is 0 Å². The number of hydrogen-bond acceptors (Lipinski definition) is 4. The second kappa shape index (κ2) is 9.37. The zero-order valence-electron chi connectivity index (χ0n) is 15.4. The molecule has 1 aromatic rings. The average molecular weight is 384 g/mol. The summed E-state index contributed by atoms with van der Waals surface area (Å²) < 4.78 is 1.84. The van der Waals surface area contributed by atoms with E-state index in [1.54, 1.807) is 6.20 Å². The second-order valence-corrected chi connectivity index (χ2v) is 7.14. The summed E-state index contributed by atoms with van der Waals surface area (Å²) in [5.41, 5.74) is -0.593. The molecule has 0 saturated carbocycles. The molecule has 3 heterocycles. The van der Waals surface area contributed by atoms with Crippen LogP contribution in [0.3, 0.4) is 0 Å². The Labute approximate surface area is 161 Å². The molecule has 0 aromatic carbocycles. The quantitative estimate of drug-likeness (QED) is 0.803. The number of nitrogens with zero attached hydrogens (tertiary/aromatic N) is 3. The monoisotopic (exact) mass is 383 g/mol. The van der Waals surface area contributed by atoms with Gasteiger partial charge in [-0.05, 0) is 51.3 Å². The Morgan fingerprint density at radius 1 is 1.35 bits per heavy atom. The lowest BCUT2D eigenvalue weighted by atomic mass is 9.86. The summed E-state index contributed by atoms with van der Waals surface area (Å²) >= 11 is 0. The van der Waals surface area contributed by atoms with E-state index in [9.17, 15) is 9.59 Å². The van der Waals surface area contributed by atoms with Gasteiger partial charge in [-0.25, -0.2) is 0 Å². The van der Waals surface area contributed by atoms with Crippen LogP contribution >= 0.6 is 12.4 Å². The molecule has 1 atom stereocenters. The second-order valence-electron chi connectivity index (χ2n) is 7.14. The van der Waals surface area contributed by atoms with Crippen molar-refractivity contribution in [1.29, 1.82) is 0 Å². The Morgan fingerprint density at radius 3 is 2.77 bits per heavy atom. The van der Waals surface area contributed by atoms with E-state index in [1.165, 1.54) is 0 Å². The van der Waals surface area contributed by atoms with Crippen molar-refractivity contribution in [2.24, 2.45) is 0 Å². The van der Waals surface area contributed by atoms with Gasteiger partial charge in [0.2, 0.25) is 5.91 Å². The molecule has 0 radical (unpaired) electrons. The summed E-state index contributed by atoms with van der Waals surface area (Å²) in [5.74, 6) is 0.234. The van der Waals surface area contributed by atoms with Gasteiger partial charge in [-0.15, -0.1) is 12.4 Å². The van der Waals surface area contributed by atoms with Gasteiger partial charge in [0.15, 0.2) is 0 Å². The summed E-state index contributed by atoms with van der Waals surface area (Å²) in [6.07, 6.45) is 8.39. The minimum absolute atomic E-state index is 0. The maximum absolute atomic E-state index is 13.5. The molecule has 3 rings (SSSR count). The molecule has 0 bridgehead atoms. The van der Waals surface area contributed by atoms with Crippen LogP contribution in [0.1, 0.15) is 45.4 Å². The highest BCUT2D eigenvalue weighted by atomic mass is 35.5. The SMILES string of the molecule is CCCC(=O)NC1CCCN(C(=O)C2(n3cccn3)CCNCC2)C1.Cl. The van der Waals surface area contributed by atoms with Crippen LogP contribution in [-0.4, -0.2) is 58.7 Å². The first-order chi connectivity index (χ1) is 12.2. The first-order valence-electron chi connectivity index (χ1n) is 9.45. The molecule has 0 aliphatic carbocycles. The fourth-order valence-electron chi connectivity index (χ4n) is 4.00. The molecule has 2 amide bonds. The maximum Gasteiger partial charge on any atom is 0.250 e. The standard InChI is InChI=1S/C18H29N5O2.ClH/c1-2-5-16(24)21-15-6-3-12-22(14-15)17(25)18(7-10-19-11-8-18)23-13-4-9-20-23;/h4,9,13,15,19H,2-3,5-8,10-12,14H2,1H3,(H,21,24);1H. The van der Waals surface area contributed by atoms with Gasteiger partial charge in [0.25, 0.3) is 5.91 Å². The van der Waals surface area contributed by atoms with Gasteiger partial charge in [0, 0.05) is 37.9 Å². The number of nitrogens with one attached hydrogen (secondary N) is 2. The molecular weight excluding hydrogens is 354 g/mol. The first-order valence-corrected chi connectivity index (χ1v) is 9.45. The van der Waals surface area contributed by atoms with Gasteiger partial charge < -0.3 is 15.5 Å². The van der Waals surface area contributed by atoms with Gasteiger partial charge in [-0.2, -0.15) is 5.10 Å². The number of carbonyl (C=O) groups is 2. The fraction of sp³-hybridized carbons (Fsp3) is 0.722. The summed E-state index contributed by atoms with van der Waals surface area (Å²) in [4.78, 5) is 27.3. The van der Waals surface area contributed by atoms with E-state index < -0.39 is 5.54 Å². The number of amides is 2. The van der Waals surface area contributed by atoms with E-state index in [4.69, 9.17) is 0 Å². The summed E-state index contributed by atoms with van der Waals surface area (Å²) in [6.45, 7) is 4.99. The Bertz CT molecular complexity index is 586. The molecule has 2 N–H and O–H groups in total. The van der Waals surface area contributed by atoms with E-state index in [2.05, 4.69) is 15.7 Å². The van der Waals surface area contributed by atoms with Gasteiger partial charge in [-0.3, -0.25) is 14.3 Å². The van der Waals surface area contributed by atoms with Crippen molar-refractivity contribution in [2.75, 3.05) is 26.2 Å². The van der Waals surface area contributed by atoms with Gasteiger partial charge in [0.1, 0.15) is 5.54 Å². The Morgan fingerprint density at radius 2 is 2.12 bits per heavy atom. The average Bonchev–Trinajstić information content (AvgIpc) is 3.17. The summed E-state index contributed by atoms with van der Waals surface area (Å²) in [5, 5.41) is 10.8. The fourth-order valence-corrected chi connectivity index (χ4v) is 4.00. The topological polar surface area (TPSA) is 79.3 Å². The van der Waals surface area contributed by atoms with E-state index in [0.29, 0.717) is 13.0 Å². The third-order valence-corrected chi connectivity index (χ3v) is 5.32. The highest BCUT2D eigenvalue weighted by molar-refractivity contribution is 5.85. The number of carbonyl (C=O) groups excluding carboxylic acids is 2. The van der Waals surface area contributed by atoms with Gasteiger partial charge in [0.05, 0.1) is 0 Å². The molecular formula is C18H30ClN5O2. The van der Waals surface area contributed by atoms with Crippen LogP contribution < -0.4 is 10.6 Å². The minimum atomic E-state index is -0.593. The predicted molar refractivity (Wildman–Crippen MR) is 102 cm³/mol. The zero-order chi connectivity index (χ0) is 17.7. The van der Waals surface area contributed by atoms with E-state index in [-0.39, 0.29) is 30.3 Å². The number of likely N-dealkylation sites (tertiary alicyclic amines) is 1. The lowest BCUT2D eigenvalue weighted by molar-refractivity contribution is -0.145. The van der Waals surface area contributed by atoms with E-state index in [0.717, 1.165) is 51.7 Å². The molecule has 1 aromatic heterocycles. The van der Waals surface area contributed by atoms with Crippen molar-refractivity contribution in [3.05, 3.63) is 18.5 Å². The van der Waals surface area contributed by atoms with E-state index in [1.807, 2.05) is 28.8 Å². The largest absolute Gasteiger partial charge is 0.352 e. The highest BCUT2D eigenvalue weighted by Crippen LogP contribution is 2.30. The molecule has 1 unspecified atom stereocenters. The zero-order valence-corrected chi connectivity index (χ0v) is 16.3. The van der Waals surface area contributed by atoms with Gasteiger partial charge in [-0.1, -0.05) is 6.92 Å². The van der Waals surface area contributed by atoms with Crippen molar-refractivity contribution in [1.82, 2.24) is 25.3 Å². The number of rotatable bonds is 5. The van der Waals surface area contributed by atoms with Crippen molar-refractivity contribution >= 4 is 24.2 Å². The van der Waals surface area contributed by atoms with Crippen molar-refractivity contribution in [3.63, 3.8) is 0 Å². The Balaban J connectivity index is 0.00000243. The summed E-state index contributed by atoms with van der Waals surface area (Å²) in [7, 11) is 0. The molecule has 2 saturated heterocycles. The van der Waals surface area contributed by atoms with Crippen LogP contribution in [0, 0.1) is 0 Å². The van der Waals surface area contributed by atoms with Crippen LogP contribution in [0.2, 0.25) is 0 Å². The molecule has 8 heteroatoms. The normalized spacial score (nSPS) is 22.3. The molecule has 146 valence electrons. The third-order valence-electron chi connectivity index (χ3n) is 5.32. The molecule has 2 aliphatic heterocycles. The van der Waals surface area contributed by atoms with Crippen molar-refractivity contribution in [2.45, 2.75) is 57.0 Å². The number of hydrogen-bond donors (Lipinski definition) is 2. The third kappa shape index (κ3) is 4.38. The first kappa shape index (κ1) is 20.7. The smallest absolute Gasteiger partial charge is 0.250 e. The van der Waals surface area contributed by atoms with Crippen LogP contribution in [0.25, 0.3) is 0 Å². The van der Waals surface area contributed by atoms with Crippen LogP contribution in [0.4, 0.5) is 0 Å². The highest BCUT2D eigenvalue weighted by Gasteiger charge is 2.45. The van der Waals surface area contributed by atoms with E-state index >= 15 is 0 Å².